The van der Waals surface area contributed by atoms with E-state index in [2.05, 4.69) is 6.07 Å². The van der Waals surface area contributed by atoms with Crippen molar-refractivity contribution in [3.05, 3.63) is 11.3 Å². The van der Waals surface area contributed by atoms with Gasteiger partial charge >= 0.3 is 5.97 Å². The number of alkyl halides is 1. The van der Waals surface area contributed by atoms with Crippen molar-refractivity contribution >= 4 is 17.6 Å². The average molecular weight is 280 g/mol. The maximum atomic E-state index is 11.2. The summed E-state index contributed by atoms with van der Waals surface area (Å²) in [7, 11) is 0. The molecule has 1 unspecified atom stereocenters. The van der Waals surface area contributed by atoms with Crippen LogP contribution in [0.1, 0.15) is 33.6 Å². The Morgan fingerprint density at radius 1 is 1.37 bits per heavy atom. The normalized spacial score (nSPS) is 45.3. The molecule has 0 radical (unpaired) electrons. The maximum Gasteiger partial charge on any atom is 0.307 e. The number of ether oxygens (including phenoxy) is 1. The molecule has 0 aliphatic heterocycles. The molecule has 3 aliphatic rings. The van der Waals surface area contributed by atoms with Crippen molar-refractivity contribution in [1.29, 1.82) is 5.26 Å². The number of fused-ring (bicyclic) bond motifs is 5. The molecule has 0 aromatic carbocycles. The first kappa shape index (κ1) is 13.0. The van der Waals surface area contributed by atoms with E-state index in [0.717, 1.165) is 24.2 Å². The number of carbonyl (C=O) groups excluding carboxylic acids is 1. The highest BCUT2D eigenvalue weighted by Crippen LogP contribution is 2.75. The van der Waals surface area contributed by atoms with Crippen molar-refractivity contribution in [2.24, 2.45) is 29.6 Å². The van der Waals surface area contributed by atoms with Gasteiger partial charge < -0.3 is 4.74 Å². The number of hydrogen-bond acceptors (Lipinski definition) is 3. The summed E-state index contributed by atoms with van der Waals surface area (Å²) in [6, 6.07) is 2.30. The Labute approximate surface area is 118 Å². The molecular weight excluding hydrogens is 262 g/mol. The standard InChI is InChI=1S/C15H18ClNO2/c1-7(2)14(19-8(3)18)13-11-9-4-10(12(11)13)15(16,5-9)6-17/h9-13H,4-5H2,1-3H3/t9-,10-,11-,12+,13+,15?/m1/s1. The summed E-state index contributed by atoms with van der Waals surface area (Å²) < 4.78 is 5.41. The Morgan fingerprint density at radius 3 is 2.58 bits per heavy atom. The summed E-state index contributed by atoms with van der Waals surface area (Å²) in [5.41, 5.74) is 1.06. The number of hydrogen-bond donors (Lipinski definition) is 0. The van der Waals surface area contributed by atoms with Crippen LogP contribution in [0.3, 0.4) is 0 Å². The number of halogens is 1. The molecule has 0 spiro atoms. The lowest BCUT2D eigenvalue weighted by Crippen LogP contribution is -2.28. The van der Waals surface area contributed by atoms with Crippen LogP contribution in [0.5, 0.6) is 0 Å². The second-order valence-electron chi connectivity index (χ2n) is 6.42. The van der Waals surface area contributed by atoms with Crippen LogP contribution in [0.4, 0.5) is 0 Å². The Balaban J connectivity index is 1.84. The zero-order valence-electron chi connectivity index (χ0n) is 11.4. The lowest BCUT2D eigenvalue weighted by Gasteiger charge is -2.23. The van der Waals surface area contributed by atoms with Gasteiger partial charge in [0.1, 0.15) is 10.6 Å². The first-order valence-corrected chi connectivity index (χ1v) is 7.23. The molecule has 0 amide bonds. The summed E-state index contributed by atoms with van der Waals surface area (Å²) in [6.07, 6.45) is 1.86. The van der Waals surface area contributed by atoms with Gasteiger partial charge in [0.25, 0.3) is 0 Å². The van der Waals surface area contributed by atoms with E-state index in [1.165, 1.54) is 6.92 Å². The molecule has 0 aromatic rings. The Kier molecular flexibility index (Phi) is 2.73. The predicted octanol–water partition coefficient (Wildman–Crippen LogP) is 3.25. The molecule has 3 rings (SSSR count). The van der Waals surface area contributed by atoms with Crippen molar-refractivity contribution in [3.63, 3.8) is 0 Å². The average Bonchev–Trinajstić information content (AvgIpc) is 2.82. The van der Waals surface area contributed by atoms with Crippen molar-refractivity contribution in [3.8, 4) is 6.07 Å². The second-order valence-corrected chi connectivity index (χ2v) is 7.09. The lowest BCUT2D eigenvalue weighted by molar-refractivity contribution is -0.137. The number of nitriles is 1. The fourth-order valence-corrected chi connectivity index (χ4v) is 4.94. The third-order valence-corrected chi connectivity index (χ3v) is 5.60. The van der Waals surface area contributed by atoms with E-state index in [1.54, 1.807) is 0 Å². The lowest BCUT2D eigenvalue weighted by atomic mass is 9.89. The largest absolute Gasteiger partial charge is 0.431 e. The van der Waals surface area contributed by atoms with Crippen LogP contribution in [-0.4, -0.2) is 10.8 Å². The Morgan fingerprint density at radius 2 is 2.05 bits per heavy atom. The number of rotatable bonds is 2. The Hall–Kier alpha value is -1.01. The summed E-state index contributed by atoms with van der Waals surface area (Å²) in [6.45, 7) is 5.40. The molecule has 3 saturated carbocycles. The molecule has 0 N–H and O–H groups in total. The number of esters is 1. The summed E-state index contributed by atoms with van der Waals surface area (Å²) in [5.74, 6) is 2.70. The van der Waals surface area contributed by atoms with Crippen LogP contribution in [0.15, 0.2) is 11.3 Å². The van der Waals surface area contributed by atoms with E-state index in [-0.39, 0.29) is 11.9 Å². The third kappa shape index (κ3) is 1.73. The highest BCUT2D eigenvalue weighted by molar-refractivity contribution is 6.26. The monoisotopic (exact) mass is 279 g/mol. The van der Waals surface area contributed by atoms with E-state index in [0.29, 0.717) is 23.7 Å². The van der Waals surface area contributed by atoms with Gasteiger partial charge in [-0.3, -0.25) is 4.79 Å². The van der Waals surface area contributed by atoms with Gasteiger partial charge in [-0.2, -0.15) is 5.26 Å². The van der Waals surface area contributed by atoms with E-state index in [4.69, 9.17) is 16.3 Å². The summed E-state index contributed by atoms with van der Waals surface area (Å²) in [4.78, 5) is 10.6. The maximum absolute atomic E-state index is 11.2. The molecule has 0 aromatic heterocycles. The fourth-order valence-electron chi connectivity index (χ4n) is 4.51. The minimum atomic E-state index is -0.677. The minimum Gasteiger partial charge on any atom is -0.431 e. The highest BCUT2D eigenvalue weighted by atomic mass is 35.5. The van der Waals surface area contributed by atoms with E-state index >= 15 is 0 Å². The van der Waals surface area contributed by atoms with Crippen molar-refractivity contribution in [2.75, 3.05) is 0 Å². The molecule has 19 heavy (non-hydrogen) atoms. The summed E-state index contributed by atoms with van der Waals surface area (Å²) in [5, 5.41) is 9.28. The molecule has 6 atom stereocenters. The summed E-state index contributed by atoms with van der Waals surface area (Å²) >= 11 is 6.44. The zero-order valence-corrected chi connectivity index (χ0v) is 12.2. The van der Waals surface area contributed by atoms with Crippen molar-refractivity contribution in [1.82, 2.24) is 0 Å². The van der Waals surface area contributed by atoms with E-state index < -0.39 is 4.87 Å². The van der Waals surface area contributed by atoms with E-state index in [1.807, 2.05) is 13.8 Å². The van der Waals surface area contributed by atoms with E-state index in [9.17, 15) is 10.1 Å². The fraction of sp³-hybridized carbons (Fsp3) is 0.733. The van der Waals surface area contributed by atoms with Gasteiger partial charge in [0.15, 0.2) is 0 Å². The van der Waals surface area contributed by atoms with Gasteiger partial charge in [-0.1, -0.05) is 0 Å². The molecule has 2 bridgehead atoms. The van der Waals surface area contributed by atoms with Gasteiger partial charge in [0, 0.05) is 12.8 Å². The topological polar surface area (TPSA) is 50.1 Å². The molecular formula is C15H18ClNO2. The van der Waals surface area contributed by atoms with Crippen LogP contribution in [0, 0.1) is 40.9 Å². The highest BCUT2D eigenvalue weighted by Gasteiger charge is 2.73. The van der Waals surface area contributed by atoms with Gasteiger partial charge in [-0.25, -0.2) is 0 Å². The smallest absolute Gasteiger partial charge is 0.307 e. The molecule has 4 heteroatoms. The van der Waals surface area contributed by atoms with Crippen LogP contribution in [-0.2, 0) is 9.53 Å². The number of allylic oxidation sites excluding steroid dienone is 2. The Bertz CT molecular complexity index is 517. The first-order chi connectivity index (χ1) is 8.89. The first-order valence-electron chi connectivity index (χ1n) is 6.85. The number of nitrogens with zero attached hydrogens (tertiary/aromatic N) is 1. The van der Waals surface area contributed by atoms with Gasteiger partial charge in [-0.15, -0.1) is 11.6 Å². The quantitative estimate of drug-likeness (QED) is 0.443. The van der Waals surface area contributed by atoms with Crippen LogP contribution in [0.25, 0.3) is 0 Å². The van der Waals surface area contributed by atoms with Crippen LogP contribution < -0.4 is 0 Å². The van der Waals surface area contributed by atoms with Gasteiger partial charge in [0.05, 0.1) is 6.07 Å². The molecule has 102 valence electrons. The molecule has 3 aliphatic carbocycles. The predicted molar refractivity (Wildman–Crippen MR) is 71.0 cm³/mol. The van der Waals surface area contributed by atoms with Crippen LogP contribution in [0.2, 0.25) is 0 Å². The van der Waals surface area contributed by atoms with Crippen molar-refractivity contribution < 1.29 is 9.53 Å². The van der Waals surface area contributed by atoms with Gasteiger partial charge in [-0.05, 0) is 55.9 Å². The van der Waals surface area contributed by atoms with Gasteiger partial charge in [0.2, 0.25) is 0 Å². The second kappa shape index (κ2) is 3.99. The molecule has 0 heterocycles. The molecule has 3 nitrogen and oxygen atoms in total. The zero-order chi connectivity index (χ0) is 13.9. The minimum absolute atomic E-state index is 0.258. The van der Waals surface area contributed by atoms with Crippen LogP contribution >= 0.6 is 11.6 Å². The third-order valence-electron chi connectivity index (χ3n) is 5.08. The molecule has 3 fully saturated rings. The molecule has 0 saturated heterocycles. The SMILES string of the molecule is CC(=O)OC(=C(C)C)[C@@H]1[C@@H]2[C@H]1[C@@H]1C[C@H]2C(Cl)(C#N)C1. The van der Waals surface area contributed by atoms with Crippen molar-refractivity contribution in [2.45, 2.75) is 38.5 Å². The number of carbonyl (C=O) groups is 1.